The predicted octanol–water partition coefficient (Wildman–Crippen LogP) is 4.11. The molecular formula is C20H20F2N2O3S. The minimum atomic E-state index is -2.97. The Morgan fingerprint density at radius 1 is 1.04 bits per heavy atom. The molecule has 0 spiro atoms. The quantitative estimate of drug-likeness (QED) is 0.785. The minimum absolute atomic E-state index is 0.109. The van der Waals surface area contributed by atoms with Crippen molar-refractivity contribution in [2.45, 2.75) is 50.0 Å². The first-order chi connectivity index (χ1) is 13.5. The Kier molecular flexibility index (Phi) is 5.30. The smallest absolute Gasteiger partial charge is 0.387 e. The van der Waals surface area contributed by atoms with Crippen molar-refractivity contribution < 1.29 is 22.5 Å². The molecule has 2 aliphatic rings. The molecule has 2 aliphatic carbocycles. The van der Waals surface area contributed by atoms with Crippen LogP contribution in [-0.4, -0.2) is 16.9 Å². The van der Waals surface area contributed by atoms with Gasteiger partial charge in [-0.3, -0.25) is 4.72 Å². The molecular weight excluding hydrogens is 386 g/mol. The Morgan fingerprint density at radius 3 is 2.36 bits per heavy atom. The summed E-state index contributed by atoms with van der Waals surface area (Å²) in [6.07, 6.45) is 6.01. The van der Waals surface area contributed by atoms with Crippen LogP contribution in [0.15, 0.2) is 35.2 Å². The molecule has 0 heterocycles. The van der Waals surface area contributed by atoms with E-state index >= 15 is 0 Å². The van der Waals surface area contributed by atoms with Gasteiger partial charge < -0.3 is 10.1 Å². The van der Waals surface area contributed by atoms with Gasteiger partial charge in [-0.1, -0.05) is 12.1 Å². The van der Waals surface area contributed by atoms with Crippen molar-refractivity contribution in [3.05, 3.63) is 52.6 Å². The molecule has 0 saturated carbocycles. The summed E-state index contributed by atoms with van der Waals surface area (Å²) in [5.41, 5.74) is 5.78. The lowest BCUT2D eigenvalue weighted by Crippen LogP contribution is -2.31. The maximum absolute atomic E-state index is 12.5. The van der Waals surface area contributed by atoms with Crippen molar-refractivity contribution in [3.63, 3.8) is 0 Å². The molecule has 0 radical (unpaired) electrons. The van der Waals surface area contributed by atoms with E-state index in [9.17, 15) is 17.8 Å². The maximum atomic E-state index is 12.5. The molecule has 8 heteroatoms. The Bertz CT molecular complexity index is 917. The highest BCUT2D eigenvalue weighted by Gasteiger charge is 2.25. The van der Waals surface area contributed by atoms with Crippen LogP contribution in [0.5, 0.6) is 5.75 Å². The third kappa shape index (κ3) is 3.87. The largest absolute Gasteiger partial charge is 0.435 e. The summed E-state index contributed by atoms with van der Waals surface area (Å²) < 4.78 is 43.8. The van der Waals surface area contributed by atoms with Crippen molar-refractivity contribution >= 4 is 22.7 Å². The predicted molar refractivity (Wildman–Crippen MR) is 102 cm³/mol. The molecule has 1 unspecified atom stereocenters. The van der Waals surface area contributed by atoms with Gasteiger partial charge in [0, 0.05) is 5.69 Å². The van der Waals surface area contributed by atoms with Crippen molar-refractivity contribution in [3.8, 4) is 5.75 Å². The molecule has 2 amide bonds. The van der Waals surface area contributed by atoms with E-state index in [1.807, 2.05) is 0 Å². The second-order valence-electron chi connectivity index (χ2n) is 6.91. The molecule has 0 bridgehead atoms. The van der Waals surface area contributed by atoms with E-state index in [1.54, 1.807) is 0 Å². The number of urea groups is 1. The van der Waals surface area contributed by atoms with E-state index in [0.29, 0.717) is 0 Å². The number of halogens is 2. The lowest BCUT2D eigenvalue weighted by atomic mass is 9.99. The number of benzene rings is 2. The van der Waals surface area contributed by atoms with Crippen molar-refractivity contribution in [1.82, 2.24) is 4.72 Å². The molecule has 0 aromatic heterocycles. The summed E-state index contributed by atoms with van der Waals surface area (Å²) in [7, 11) is -1.90. The van der Waals surface area contributed by atoms with Crippen molar-refractivity contribution in [2.24, 2.45) is 0 Å². The molecule has 0 fully saturated rings. The Morgan fingerprint density at radius 2 is 1.71 bits per heavy atom. The van der Waals surface area contributed by atoms with Gasteiger partial charge in [0.25, 0.3) is 0 Å². The first kappa shape index (κ1) is 18.9. The van der Waals surface area contributed by atoms with Gasteiger partial charge in [-0.25, -0.2) is 9.00 Å². The highest BCUT2D eigenvalue weighted by atomic mass is 32.2. The van der Waals surface area contributed by atoms with Gasteiger partial charge in [0.15, 0.2) is 11.0 Å². The van der Waals surface area contributed by atoms with Gasteiger partial charge in [-0.2, -0.15) is 8.78 Å². The highest BCUT2D eigenvalue weighted by molar-refractivity contribution is 7.83. The normalized spacial score (nSPS) is 15.8. The Balaban J connectivity index is 1.49. The number of carbonyl (C=O) groups excluding carboxylic acids is 1. The first-order valence-corrected chi connectivity index (χ1v) is 10.4. The second-order valence-corrected chi connectivity index (χ2v) is 8.13. The van der Waals surface area contributed by atoms with E-state index in [1.165, 1.54) is 46.5 Å². The van der Waals surface area contributed by atoms with Gasteiger partial charge in [0.05, 0.1) is 4.90 Å². The summed E-state index contributed by atoms with van der Waals surface area (Å²) in [5, 5.41) is 2.90. The maximum Gasteiger partial charge on any atom is 0.387 e. The van der Waals surface area contributed by atoms with E-state index in [2.05, 4.69) is 20.8 Å². The third-order valence-electron chi connectivity index (χ3n) is 5.14. The van der Waals surface area contributed by atoms with Crippen LogP contribution in [-0.2, 0) is 36.7 Å². The highest BCUT2D eigenvalue weighted by Crippen LogP contribution is 2.38. The van der Waals surface area contributed by atoms with Crippen LogP contribution in [0.1, 0.15) is 35.1 Å². The van der Waals surface area contributed by atoms with Crippen LogP contribution in [0.3, 0.4) is 0 Å². The third-order valence-corrected chi connectivity index (χ3v) is 6.19. The Hall–Kier alpha value is -2.48. The SMILES string of the molecule is O=C(Nc1c2c(cc3c1CCC3)CCC2)NS(=O)c1cccc(OC(F)F)c1. The molecule has 2 aromatic carbocycles. The van der Waals surface area contributed by atoms with Crippen LogP contribution in [0.2, 0.25) is 0 Å². The number of anilines is 1. The lowest BCUT2D eigenvalue weighted by Gasteiger charge is -2.16. The summed E-state index contributed by atoms with van der Waals surface area (Å²) in [4.78, 5) is 12.7. The Labute approximate surface area is 164 Å². The molecule has 28 heavy (non-hydrogen) atoms. The van der Waals surface area contributed by atoms with Gasteiger partial charge in [0.1, 0.15) is 5.75 Å². The van der Waals surface area contributed by atoms with E-state index in [-0.39, 0.29) is 10.6 Å². The topological polar surface area (TPSA) is 67.4 Å². The zero-order valence-electron chi connectivity index (χ0n) is 15.1. The van der Waals surface area contributed by atoms with Crippen molar-refractivity contribution in [2.75, 3.05) is 5.32 Å². The van der Waals surface area contributed by atoms with Gasteiger partial charge >= 0.3 is 12.6 Å². The van der Waals surface area contributed by atoms with E-state index < -0.39 is 23.6 Å². The molecule has 4 rings (SSSR count). The van der Waals surface area contributed by atoms with Gasteiger partial charge in [0.2, 0.25) is 0 Å². The second kappa shape index (κ2) is 7.87. The summed E-state index contributed by atoms with van der Waals surface area (Å²) in [6.45, 7) is -2.97. The average Bonchev–Trinajstić information content (AvgIpc) is 3.30. The first-order valence-electron chi connectivity index (χ1n) is 9.22. The number of carbonyl (C=O) groups is 1. The fourth-order valence-corrected chi connectivity index (χ4v) is 4.78. The number of ether oxygens (including phenoxy) is 1. The molecule has 0 saturated heterocycles. The number of amides is 2. The summed E-state index contributed by atoms with van der Waals surface area (Å²) in [5.74, 6) is -0.109. The molecule has 1 atom stereocenters. The standard InChI is InChI=1S/C20H20F2N2O3S/c21-19(22)27-14-6-3-7-15(11-14)28(26)24-20(25)23-18-16-8-1-4-12(16)10-13-5-2-9-17(13)18/h3,6-7,10-11,19H,1-2,4-5,8-9H2,(H2,23,24,25). The molecule has 2 aromatic rings. The number of hydrogen-bond donors (Lipinski definition) is 2. The fourth-order valence-electron chi connectivity index (χ4n) is 4.02. The van der Waals surface area contributed by atoms with E-state index in [4.69, 9.17) is 0 Å². The molecule has 2 N–H and O–H groups in total. The van der Waals surface area contributed by atoms with Crippen LogP contribution in [0.25, 0.3) is 0 Å². The van der Waals surface area contributed by atoms with Crippen LogP contribution < -0.4 is 14.8 Å². The monoisotopic (exact) mass is 406 g/mol. The van der Waals surface area contributed by atoms with E-state index in [0.717, 1.165) is 44.2 Å². The van der Waals surface area contributed by atoms with Crippen LogP contribution in [0, 0.1) is 0 Å². The molecule has 5 nitrogen and oxygen atoms in total. The molecule has 148 valence electrons. The number of rotatable bonds is 5. The number of aryl methyl sites for hydroxylation is 2. The lowest BCUT2D eigenvalue weighted by molar-refractivity contribution is -0.0499. The summed E-state index contributed by atoms with van der Waals surface area (Å²) in [6, 6.07) is 7.17. The number of nitrogens with one attached hydrogen (secondary N) is 2. The van der Waals surface area contributed by atoms with Crippen molar-refractivity contribution in [1.29, 1.82) is 0 Å². The van der Waals surface area contributed by atoms with Crippen LogP contribution >= 0.6 is 0 Å². The molecule has 0 aliphatic heterocycles. The van der Waals surface area contributed by atoms with Gasteiger partial charge in [-0.05, 0) is 79.0 Å². The fraction of sp³-hybridized carbons (Fsp3) is 0.350. The number of fused-ring (bicyclic) bond motifs is 2. The zero-order chi connectivity index (χ0) is 19.7. The summed E-state index contributed by atoms with van der Waals surface area (Å²) >= 11 is 0. The number of alkyl halides is 2. The number of hydrogen-bond acceptors (Lipinski definition) is 3. The zero-order valence-corrected chi connectivity index (χ0v) is 15.9. The average molecular weight is 406 g/mol. The minimum Gasteiger partial charge on any atom is -0.435 e. The van der Waals surface area contributed by atoms with Crippen LogP contribution in [0.4, 0.5) is 19.3 Å². The van der Waals surface area contributed by atoms with Gasteiger partial charge in [-0.15, -0.1) is 0 Å².